The average Bonchev–Trinajstić information content (AvgIpc) is 3.01. The lowest BCUT2D eigenvalue weighted by molar-refractivity contribution is 0.356. The van der Waals surface area contributed by atoms with Crippen LogP contribution in [0.2, 0.25) is 0 Å². The molecule has 1 aromatic heterocycles. The number of nitrogens with zero attached hydrogens (tertiary/aromatic N) is 2. The lowest BCUT2D eigenvalue weighted by Crippen LogP contribution is -2.21. The van der Waals surface area contributed by atoms with Crippen molar-refractivity contribution in [3.8, 4) is 0 Å². The third kappa shape index (κ3) is 1.59. The number of benzene rings is 1. The van der Waals surface area contributed by atoms with E-state index in [4.69, 9.17) is 0 Å². The van der Waals surface area contributed by atoms with Gasteiger partial charge in [-0.1, -0.05) is 18.2 Å². The van der Waals surface area contributed by atoms with Crippen LogP contribution in [0.15, 0.2) is 36.9 Å². The minimum absolute atomic E-state index is 0.782. The van der Waals surface area contributed by atoms with E-state index in [1.807, 2.05) is 12.5 Å². The first-order chi connectivity index (χ1) is 8.90. The van der Waals surface area contributed by atoms with Crippen molar-refractivity contribution in [3.63, 3.8) is 0 Å². The van der Waals surface area contributed by atoms with Crippen molar-refractivity contribution in [2.45, 2.75) is 38.1 Å². The van der Waals surface area contributed by atoms with E-state index in [-0.39, 0.29) is 0 Å². The lowest BCUT2D eigenvalue weighted by atomic mass is 9.78. The van der Waals surface area contributed by atoms with E-state index >= 15 is 0 Å². The highest BCUT2D eigenvalue weighted by Crippen LogP contribution is 2.44. The van der Waals surface area contributed by atoms with E-state index in [1.165, 1.54) is 25.7 Å². The predicted octanol–water partition coefficient (Wildman–Crippen LogP) is 3.18. The van der Waals surface area contributed by atoms with E-state index in [1.54, 1.807) is 16.7 Å². The Labute approximate surface area is 108 Å². The van der Waals surface area contributed by atoms with Crippen LogP contribution in [-0.2, 0) is 19.4 Å². The van der Waals surface area contributed by atoms with Crippen molar-refractivity contribution >= 4 is 0 Å². The van der Waals surface area contributed by atoms with E-state index in [2.05, 4.69) is 33.9 Å². The van der Waals surface area contributed by atoms with Gasteiger partial charge in [-0.15, -0.1) is 0 Å². The number of aromatic nitrogens is 2. The molecule has 0 bridgehead atoms. The third-order valence-corrected chi connectivity index (χ3v) is 4.61. The van der Waals surface area contributed by atoms with Crippen molar-refractivity contribution in [1.29, 1.82) is 0 Å². The van der Waals surface area contributed by atoms with Gasteiger partial charge < -0.3 is 4.57 Å². The molecular formula is C16H18N2. The summed E-state index contributed by atoms with van der Waals surface area (Å²) in [6.45, 7) is 1.13. The summed E-state index contributed by atoms with van der Waals surface area (Å²) in [6, 6.07) is 6.92. The quantitative estimate of drug-likeness (QED) is 0.785. The largest absolute Gasteiger partial charge is 0.337 e. The molecule has 2 aliphatic rings. The Bertz CT molecular complexity index is 556. The summed E-state index contributed by atoms with van der Waals surface area (Å²) in [6.07, 6.45) is 11.2. The molecule has 2 atom stereocenters. The topological polar surface area (TPSA) is 17.8 Å². The fourth-order valence-electron chi connectivity index (χ4n) is 3.93. The van der Waals surface area contributed by atoms with Crippen LogP contribution in [0.1, 0.15) is 35.4 Å². The van der Waals surface area contributed by atoms with Crippen LogP contribution in [0.4, 0.5) is 0 Å². The third-order valence-electron chi connectivity index (χ3n) is 4.61. The maximum Gasteiger partial charge on any atom is 0.0945 e. The van der Waals surface area contributed by atoms with Gasteiger partial charge in [-0.25, -0.2) is 4.98 Å². The SMILES string of the molecule is c1cc2c3c(c1)CC(Cn1ccnc1)CC3CC2. The van der Waals surface area contributed by atoms with Crippen LogP contribution >= 0.6 is 0 Å². The fourth-order valence-corrected chi connectivity index (χ4v) is 3.93. The molecule has 0 amide bonds. The molecule has 0 fully saturated rings. The van der Waals surface area contributed by atoms with Gasteiger partial charge in [0.25, 0.3) is 0 Å². The molecule has 0 spiro atoms. The zero-order valence-corrected chi connectivity index (χ0v) is 10.5. The van der Waals surface area contributed by atoms with Crippen LogP contribution in [-0.4, -0.2) is 9.55 Å². The van der Waals surface area contributed by atoms with Crippen molar-refractivity contribution < 1.29 is 0 Å². The second kappa shape index (κ2) is 3.98. The molecule has 0 radical (unpaired) electrons. The minimum Gasteiger partial charge on any atom is -0.337 e. The molecule has 0 aliphatic heterocycles. The van der Waals surface area contributed by atoms with Gasteiger partial charge in [0.15, 0.2) is 0 Å². The summed E-state index contributed by atoms with van der Waals surface area (Å²) in [5.41, 5.74) is 4.95. The Morgan fingerprint density at radius 2 is 2.22 bits per heavy atom. The molecule has 4 rings (SSSR count). The van der Waals surface area contributed by atoms with E-state index < -0.39 is 0 Å². The van der Waals surface area contributed by atoms with Crippen molar-refractivity contribution in [2.75, 3.05) is 0 Å². The Morgan fingerprint density at radius 3 is 3.11 bits per heavy atom. The molecule has 2 nitrogen and oxygen atoms in total. The summed E-state index contributed by atoms with van der Waals surface area (Å²) in [5, 5.41) is 0. The van der Waals surface area contributed by atoms with Gasteiger partial charge in [0.05, 0.1) is 6.33 Å². The maximum absolute atomic E-state index is 4.14. The predicted molar refractivity (Wildman–Crippen MR) is 71.5 cm³/mol. The molecule has 0 saturated carbocycles. The monoisotopic (exact) mass is 238 g/mol. The summed E-state index contributed by atoms with van der Waals surface area (Å²) >= 11 is 0. The summed E-state index contributed by atoms with van der Waals surface area (Å²) in [5.74, 6) is 1.61. The first-order valence-electron chi connectivity index (χ1n) is 6.96. The van der Waals surface area contributed by atoms with Gasteiger partial charge in [0.1, 0.15) is 0 Å². The normalized spacial score (nSPS) is 25.1. The molecule has 1 aromatic carbocycles. The van der Waals surface area contributed by atoms with Crippen LogP contribution in [0.3, 0.4) is 0 Å². The van der Waals surface area contributed by atoms with E-state index in [9.17, 15) is 0 Å². The van der Waals surface area contributed by atoms with Crippen LogP contribution < -0.4 is 0 Å². The second-order valence-electron chi connectivity index (χ2n) is 5.79. The van der Waals surface area contributed by atoms with Gasteiger partial charge in [-0.2, -0.15) is 0 Å². The molecule has 2 aliphatic carbocycles. The molecule has 18 heavy (non-hydrogen) atoms. The van der Waals surface area contributed by atoms with Crippen molar-refractivity contribution in [1.82, 2.24) is 9.55 Å². The Hall–Kier alpha value is -1.57. The van der Waals surface area contributed by atoms with Crippen LogP contribution in [0.25, 0.3) is 0 Å². The van der Waals surface area contributed by atoms with Gasteiger partial charge in [-0.3, -0.25) is 0 Å². The molecule has 2 aromatic rings. The standard InChI is InChI=1S/C16H18N2/c1-2-13-4-5-15-9-12(8-14(3-1)16(13)15)10-18-7-6-17-11-18/h1-3,6-7,11-12,15H,4-5,8-10H2. The van der Waals surface area contributed by atoms with E-state index in [0.717, 1.165) is 18.4 Å². The summed E-state index contributed by atoms with van der Waals surface area (Å²) in [4.78, 5) is 4.14. The van der Waals surface area contributed by atoms with Crippen LogP contribution in [0.5, 0.6) is 0 Å². The number of hydrogen-bond donors (Lipinski definition) is 0. The average molecular weight is 238 g/mol. The van der Waals surface area contributed by atoms with Crippen LogP contribution in [0, 0.1) is 5.92 Å². The van der Waals surface area contributed by atoms with Gasteiger partial charge in [0.2, 0.25) is 0 Å². The first kappa shape index (κ1) is 10.4. The van der Waals surface area contributed by atoms with Crippen molar-refractivity contribution in [3.05, 3.63) is 53.6 Å². The summed E-state index contributed by atoms with van der Waals surface area (Å²) < 4.78 is 2.23. The van der Waals surface area contributed by atoms with Gasteiger partial charge >= 0.3 is 0 Å². The second-order valence-corrected chi connectivity index (χ2v) is 5.79. The van der Waals surface area contributed by atoms with Crippen molar-refractivity contribution in [2.24, 2.45) is 5.92 Å². The lowest BCUT2D eigenvalue weighted by Gasteiger charge is -2.29. The Balaban J connectivity index is 1.62. The number of imidazole rings is 1. The fraction of sp³-hybridized carbons (Fsp3) is 0.438. The number of aryl methyl sites for hydroxylation is 1. The molecular weight excluding hydrogens is 220 g/mol. The smallest absolute Gasteiger partial charge is 0.0945 e. The number of hydrogen-bond acceptors (Lipinski definition) is 1. The highest BCUT2D eigenvalue weighted by molar-refractivity contribution is 5.43. The molecule has 2 unspecified atom stereocenters. The number of rotatable bonds is 2. The highest BCUT2D eigenvalue weighted by Gasteiger charge is 2.32. The zero-order chi connectivity index (χ0) is 11.9. The van der Waals surface area contributed by atoms with E-state index in [0.29, 0.717) is 0 Å². The molecule has 1 heterocycles. The van der Waals surface area contributed by atoms with Gasteiger partial charge in [-0.05, 0) is 54.2 Å². The Morgan fingerprint density at radius 1 is 1.28 bits per heavy atom. The maximum atomic E-state index is 4.14. The Kier molecular flexibility index (Phi) is 2.29. The molecule has 0 N–H and O–H groups in total. The first-order valence-corrected chi connectivity index (χ1v) is 6.96. The molecule has 2 heteroatoms. The molecule has 92 valence electrons. The zero-order valence-electron chi connectivity index (χ0n) is 10.5. The summed E-state index contributed by atoms with van der Waals surface area (Å²) in [7, 11) is 0. The minimum atomic E-state index is 0.782. The highest BCUT2D eigenvalue weighted by atomic mass is 15.0. The molecule has 0 saturated heterocycles. The van der Waals surface area contributed by atoms with Gasteiger partial charge in [0, 0.05) is 18.9 Å².